The number of nitrogens with zero attached hydrogens (tertiary/aromatic N) is 1. The number of nitrogens with one attached hydrogen (secondary N) is 1. The van der Waals surface area contributed by atoms with Gasteiger partial charge in [-0.25, -0.2) is 4.79 Å². The molecule has 0 radical (unpaired) electrons. The Labute approximate surface area is 104 Å². The van der Waals surface area contributed by atoms with Crippen molar-refractivity contribution in [1.29, 1.82) is 0 Å². The zero-order chi connectivity index (χ0) is 12.8. The van der Waals surface area contributed by atoms with E-state index in [2.05, 4.69) is 10.3 Å². The Morgan fingerprint density at radius 3 is 2.88 bits per heavy atom. The average molecular weight is 254 g/mol. The number of thioether (sulfide) groups is 1. The Bertz CT molecular complexity index is 423. The highest BCUT2D eigenvalue weighted by molar-refractivity contribution is 7.99. The molecule has 0 spiro atoms. The van der Waals surface area contributed by atoms with Crippen LogP contribution in [0.25, 0.3) is 0 Å². The number of amides is 1. The molecule has 1 atom stereocenters. The summed E-state index contributed by atoms with van der Waals surface area (Å²) in [5, 5.41) is 11.8. The van der Waals surface area contributed by atoms with Gasteiger partial charge in [0.1, 0.15) is 5.69 Å². The summed E-state index contributed by atoms with van der Waals surface area (Å²) in [4.78, 5) is 26.2. The van der Waals surface area contributed by atoms with Crippen molar-refractivity contribution in [2.45, 2.75) is 12.2 Å². The molecule has 1 aromatic heterocycles. The third kappa shape index (κ3) is 4.07. The van der Waals surface area contributed by atoms with E-state index in [1.54, 1.807) is 11.8 Å². The van der Waals surface area contributed by atoms with Crippen LogP contribution >= 0.6 is 11.8 Å². The van der Waals surface area contributed by atoms with Gasteiger partial charge in [0.15, 0.2) is 0 Å². The van der Waals surface area contributed by atoms with Crippen molar-refractivity contribution in [1.82, 2.24) is 10.3 Å². The van der Waals surface area contributed by atoms with Crippen LogP contribution in [0, 0.1) is 0 Å². The molecule has 1 unspecified atom stereocenters. The number of rotatable bonds is 5. The zero-order valence-corrected chi connectivity index (χ0v) is 10.5. The number of hydrogen-bond acceptors (Lipinski definition) is 4. The Hall–Kier alpha value is -1.56. The smallest absolute Gasteiger partial charge is 0.335 e. The van der Waals surface area contributed by atoms with Crippen molar-refractivity contribution < 1.29 is 14.7 Å². The highest BCUT2D eigenvalue weighted by Crippen LogP contribution is 2.04. The van der Waals surface area contributed by atoms with Crippen LogP contribution < -0.4 is 5.32 Å². The fourth-order valence-corrected chi connectivity index (χ4v) is 1.35. The maximum atomic E-state index is 11.7. The molecule has 0 aliphatic carbocycles. The molecule has 17 heavy (non-hydrogen) atoms. The van der Waals surface area contributed by atoms with Crippen molar-refractivity contribution in [2.24, 2.45) is 0 Å². The number of pyridine rings is 1. The highest BCUT2D eigenvalue weighted by Gasteiger charge is 2.11. The number of carbonyl (C=O) groups excluding carboxylic acids is 1. The first kappa shape index (κ1) is 13.5. The molecule has 0 saturated heterocycles. The van der Waals surface area contributed by atoms with E-state index >= 15 is 0 Å². The number of carboxylic acids is 1. The highest BCUT2D eigenvalue weighted by atomic mass is 32.2. The molecule has 92 valence electrons. The number of aromatic carboxylic acids is 1. The van der Waals surface area contributed by atoms with Crippen molar-refractivity contribution in [3.8, 4) is 0 Å². The standard InChI is InChI=1S/C11H14N2O3S/c1-7(17-2)6-13-10(14)9-5-8(11(15)16)3-4-12-9/h3-5,7H,6H2,1-2H3,(H,13,14)(H,15,16). The van der Waals surface area contributed by atoms with Gasteiger partial charge in [-0.2, -0.15) is 11.8 Å². The van der Waals surface area contributed by atoms with Crippen LogP contribution in [0.1, 0.15) is 27.8 Å². The minimum absolute atomic E-state index is 0.0584. The lowest BCUT2D eigenvalue weighted by molar-refractivity contribution is 0.0696. The quantitative estimate of drug-likeness (QED) is 0.827. The van der Waals surface area contributed by atoms with Gasteiger partial charge in [0.25, 0.3) is 5.91 Å². The fourth-order valence-electron chi connectivity index (χ4n) is 1.10. The molecular formula is C11H14N2O3S. The van der Waals surface area contributed by atoms with Crippen LogP contribution in [-0.2, 0) is 0 Å². The molecule has 0 aliphatic rings. The zero-order valence-electron chi connectivity index (χ0n) is 9.64. The van der Waals surface area contributed by atoms with E-state index in [1.807, 2.05) is 13.2 Å². The maximum Gasteiger partial charge on any atom is 0.335 e. The summed E-state index contributed by atoms with van der Waals surface area (Å²) in [5.74, 6) is -1.42. The minimum atomic E-state index is -1.07. The average Bonchev–Trinajstić information content (AvgIpc) is 2.35. The van der Waals surface area contributed by atoms with E-state index in [0.29, 0.717) is 11.8 Å². The van der Waals surface area contributed by atoms with E-state index in [0.717, 1.165) is 0 Å². The third-order valence-corrected chi connectivity index (χ3v) is 3.16. The maximum absolute atomic E-state index is 11.7. The summed E-state index contributed by atoms with van der Waals surface area (Å²) in [7, 11) is 0. The molecule has 0 fully saturated rings. The van der Waals surface area contributed by atoms with Crippen molar-refractivity contribution in [2.75, 3.05) is 12.8 Å². The summed E-state index contributed by atoms with van der Waals surface area (Å²) < 4.78 is 0. The van der Waals surface area contributed by atoms with E-state index in [-0.39, 0.29) is 17.2 Å². The molecule has 1 amide bonds. The Balaban J connectivity index is 2.69. The van der Waals surface area contributed by atoms with Gasteiger partial charge in [0.05, 0.1) is 5.56 Å². The monoisotopic (exact) mass is 254 g/mol. The largest absolute Gasteiger partial charge is 0.478 e. The van der Waals surface area contributed by atoms with Crippen molar-refractivity contribution in [3.63, 3.8) is 0 Å². The lowest BCUT2D eigenvalue weighted by atomic mass is 10.2. The van der Waals surface area contributed by atoms with E-state index in [1.165, 1.54) is 18.3 Å². The van der Waals surface area contributed by atoms with Crippen molar-refractivity contribution in [3.05, 3.63) is 29.6 Å². The van der Waals surface area contributed by atoms with Crippen LogP contribution in [-0.4, -0.2) is 40.0 Å². The Kier molecular flexibility index (Phi) is 4.96. The molecule has 2 N–H and O–H groups in total. The van der Waals surface area contributed by atoms with Gasteiger partial charge in [-0.15, -0.1) is 0 Å². The van der Waals surface area contributed by atoms with E-state index in [4.69, 9.17) is 5.11 Å². The van der Waals surface area contributed by atoms with E-state index < -0.39 is 5.97 Å². The third-order valence-electron chi connectivity index (χ3n) is 2.19. The van der Waals surface area contributed by atoms with Crippen LogP contribution in [0.3, 0.4) is 0 Å². The first-order valence-electron chi connectivity index (χ1n) is 5.05. The van der Waals surface area contributed by atoms with Crippen LogP contribution in [0.15, 0.2) is 18.3 Å². The summed E-state index contributed by atoms with van der Waals surface area (Å²) in [5.41, 5.74) is 0.182. The molecular weight excluding hydrogens is 240 g/mol. The molecule has 1 rings (SSSR count). The van der Waals surface area contributed by atoms with Crippen LogP contribution in [0.2, 0.25) is 0 Å². The molecule has 0 bridgehead atoms. The van der Waals surface area contributed by atoms with E-state index in [9.17, 15) is 9.59 Å². The second kappa shape index (κ2) is 6.24. The van der Waals surface area contributed by atoms with Gasteiger partial charge in [-0.05, 0) is 18.4 Å². The van der Waals surface area contributed by atoms with Crippen LogP contribution in [0.5, 0.6) is 0 Å². The molecule has 0 aliphatic heterocycles. The van der Waals surface area contributed by atoms with Gasteiger partial charge in [0.2, 0.25) is 0 Å². The number of hydrogen-bond donors (Lipinski definition) is 2. The summed E-state index contributed by atoms with van der Waals surface area (Å²) >= 11 is 1.64. The van der Waals surface area contributed by atoms with Gasteiger partial charge in [-0.3, -0.25) is 9.78 Å². The Morgan fingerprint density at radius 2 is 2.29 bits per heavy atom. The minimum Gasteiger partial charge on any atom is -0.478 e. The predicted molar refractivity (Wildman–Crippen MR) is 66.5 cm³/mol. The van der Waals surface area contributed by atoms with Crippen molar-refractivity contribution >= 4 is 23.6 Å². The molecule has 0 aromatic carbocycles. The molecule has 5 nitrogen and oxygen atoms in total. The lowest BCUT2D eigenvalue weighted by Gasteiger charge is -2.09. The number of carboxylic acid groups (broad SMARTS) is 1. The predicted octanol–water partition coefficient (Wildman–Crippen LogP) is 1.26. The number of aromatic nitrogens is 1. The lowest BCUT2D eigenvalue weighted by Crippen LogP contribution is -2.30. The molecule has 1 aromatic rings. The second-order valence-electron chi connectivity index (χ2n) is 3.49. The summed E-state index contributed by atoms with van der Waals surface area (Å²) in [6.45, 7) is 2.52. The van der Waals surface area contributed by atoms with Gasteiger partial charge < -0.3 is 10.4 Å². The molecule has 6 heteroatoms. The SMILES string of the molecule is CSC(C)CNC(=O)c1cc(C(=O)O)ccn1. The Morgan fingerprint density at radius 1 is 1.59 bits per heavy atom. The molecule has 0 saturated carbocycles. The van der Waals surface area contributed by atoms with Crippen LogP contribution in [0.4, 0.5) is 0 Å². The first-order chi connectivity index (χ1) is 8.04. The molecule has 1 heterocycles. The second-order valence-corrected chi connectivity index (χ2v) is 4.77. The van der Waals surface area contributed by atoms with Gasteiger partial charge in [-0.1, -0.05) is 6.92 Å². The number of carbonyl (C=O) groups is 2. The van der Waals surface area contributed by atoms with Gasteiger partial charge >= 0.3 is 5.97 Å². The first-order valence-corrected chi connectivity index (χ1v) is 6.33. The fraction of sp³-hybridized carbons (Fsp3) is 0.364. The van der Waals surface area contributed by atoms with Gasteiger partial charge in [0, 0.05) is 18.0 Å². The summed E-state index contributed by atoms with van der Waals surface area (Å²) in [6.07, 6.45) is 3.27. The normalized spacial score (nSPS) is 11.9. The topological polar surface area (TPSA) is 79.3 Å². The summed E-state index contributed by atoms with van der Waals surface area (Å²) in [6, 6.07) is 2.62.